The summed E-state index contributed by atoms with van der Waals surface area (Å²) >= 11 is 0. The lowest BCUT2D eigenvalue weighted by Gasteiger charge is -2.31. The van der Waals surface area contributed by atoms with E-state index in [0.717, 1.165) is 36.9 Å². The molecule has 0 bridgehead atoms. The fourth-order valence-electron chi connectivity index (χ4n) is 3.73. The Kier molecular flexibility index (Phi) is 6.09. The second kappa shape index (κ2) is 9.09. The van der Waals surface area contributed by atoms with Crippen molar-refractivity contribution in [2.75, 3.05) is 31.6 Å². The number of piperidine rings is 1. The highest BCUT2D eigenvalue weighted by Gasteiger charge is 2.25. The second-order valence-electron chi connectivity index (χ2n) is 7.42. The largest absolute Gasteiger partial charge is 0.464 e. The molecule has 0 unspecified atom stereocenters. The molecule has 1 aromatic heterocycles. The number of nitrogens with zero attached hydrogens (tertiary/aromatic N) is 1. The molecule has 0 radical (unpaired) electrons. The number of rotatable bonds is 6. The highest BCUT2D eigenvalue weighted by molar-refractivity contribution is 5.97. The number of amides is 1. The number of likely N-dealkylation sites (tertiary alicyclic amines) is 1. The quantitative estimate of drug-likeness (QED) is 0.596. The maximum atomic E-state index is 13.0. The molecule has 1 aliphatic heterocycles. The van der Waals surface area contributed by atoms with Crippen LogP contribution in [0.5, 0.6) is 0 Å². The lowest BCUT2D eigenvalue weighted by Crippen LogP contribution is -2.38. The zero-order chi connectivity index (χ0) is 20.9. The van der Waals surface area contributed by atoms with Gasteiger partial charge >= 0.3 is 6.09 Å². The summed E-state index contributed by atoms with van der Waals surface area (Å²) in [5.74, 6) is -0.318. The molecule has 2 heterocycles. The number of halogens is 1. The lowest BCUT2D eigenvalue weighted by molar-refractivity contribution is 0.0813. The highest BCUT2D eigenvalue weighted by Crippen LogP contribution is 2.22. The van der Waals surface area contributed by atoms with E-state index >= 15 is 0 Å². The lowest BCUT2D eigenvalue weighted by atomic mass is 9.89. The Hall–Kier alpha value is -3.19. The van der Waals surface area contributed by atoms with Gasteiger partial charge in [-0.3, -0.25) is 15.0 Å². The van der Waals surface area contributed by atoms with Crippen LogP contribution in [-0.4, -0.2) is 43.0 Å². The van der Waals surface area contributed by atoms with Crippen molar-refractivity contribution >= 4 is 28.5 Å². The van der Waals surface area contributed by atoms with Gasteiger partial charge in [0.25, 0.3) is 0 Å². The van der Waals surface area contributed by atoms with Crippen LogP contribution in [0.4, 0.5) is 14.9 Å². The smallest absolute Gasteiger partial charge is 0.411 e. The van der Waals surface area contributed by atoms with Gasteiger partial charge < -0.3 is 9.15 Å². The predicted molar refractivity (Wildman–Crippen MR) is 111 cm³/mol. The molecule has 156 valence electrons. The van der Waals surface area contributed by atoms with Gasteiger partial charge in [-0.15, -0.1) is 0 Å². The first kappa shape index (κ1) is 20.1. The average Bonchev–Trinajstić information content (AvgIpc) is 3.22. The molecule has 6 nitrogen and oxygen atoms in total. The molecule has 0 saturated carbocycles. The molecule has 1 amide bonds. The first-order valence-corrected chi connectivity index (χ1v) is 10.0. The molecular weight excluding hydrogens is 387 g/mol. The molecule has 2 aromatic carbocycles. The fraction of sp³-hybridized carbons (Fsp3) is 0.304. The summed E-state index contributed by atoms with van der Waals surface area (Å²) in [5.41, 5.74) is 1.97. The Morgan fingerprint density at radius 1 is 1.10 bits per heavy atom. The van der Waals surface area contributed by atoms with Crippen molar-refractivity contribution in [1.29, 1.82) is 0 Å². The number of ether oxygens (including phenoxy) is 1. The minimum Gasteiger partial charge on any atom is -0.464 e. The van der Waals surface area contributed by atoms with E-state index in [1.54, 1.807) is 30.5 Å². The molecule has 1 fully saturated rings. The van der Waals surface area contributed by atoms with Crippen molar-refractivity contribution in [3.63, 3.8) is 0 Å². The average molecular weight is 410 g/mol. The third kappa shape index (κ3) is 4.86. The van der Waals surface area contributed by atoms with Gasteiger partial charge in [-0.05, 0) is 74.5 Å². The van der Waals surface area contributed by atoms with Crippen LogP contribution in [0, 0.1) is 11.7 Å². The summed E-state index contributed by atoms with van der Waals surface area (Å²) in [6.45, 7) is 2.42. The van der Waals surface area contributed by atoms with E-state index in [9.17, 15) is 14.0 Å². The van der Waals surface area contributed by atoms with Crippen LogP contribution in [0.25, 0.3) is 11.0 Å². The van der Waals surface area contributed by atoms with Gasteiger partial charge in [-0.1, -0.05) is 0 Å². The Labute approximate surface area is 173 Å². The first-order valence-electron chi connectivity index (χ1n) is 10.0. The summed E-state index contributed by atoms with van der Waals surface area (Å²) in [5, 5.41) is 3.62. The number of nitrogens with one attached hydrogen (secondary N) is 1. The number of anilines is 1. The maximum Gasteiger partial charge on any atom is 0.411 e. The van der Waals surface area contributed by atoms with Crippen LogP contribution in [0.2, 0.25) is 0 Å². The monoisotopic (exact) mass is 410 g/mol. The summed E-state index contributed by atoms with van der Waals surface area (Å²) in [7, 11) is 0. The van der Waals surface area contributed by atoms with E-state index in [1.807, 2.05) is 12.1 Å². The molecular formula is C23H23FN2O4. The van der Waals surface area contributed by atoms with Crippen molar-refractivity contribution < 1.29 is 23.1 Å². The maximum absolute atomic E-state index is 13.0. The predicted octanol–water partition coefficient (Wildman–Crippen LogP) is 4.72. The van der Waals surface area contributed by atoms with Crippen LogP contribution in [0.15, 0.2) is 59.2 Å². The number of hydrogen-bond acceptors (Lipinski definition) is 5. The van der Waals surface area contributed by atoms with Crippen molar-refractivity contribution in [3.05, 3.63) is 66.2 Å². The SMILES string of the molecule is O=C(Nc1ccc2occc2c1)OCCN1CCC(C(=O)c2ccc(F)cc2)CC1. The van der Waals surface area contributed by atoms with Crippen molar-refractivity contribution in [2.45, 2.75) is 12.8 Å². The van der Waals surface area contributed by atoms with Gasteiger partial charge in [0, 0.05) is 29.1 Å². The van der Waals surface area contributed by atoms with Gasteiger partial charge in [-0.25, -0.2) is 9.18 Å². The number of benzene rings is 2. The Bertz CT molecular complexity index is 1020. The molecule has 0 aliphatic carbocycles. The number of carbonyl (C=O) groups is 2. The topological polar surface area (TPSA) is 71.8 Å². The molecule has 7 heteroatoms. The van der Waals surface area contributed by atoms with Crippen LogP contribution in [-0.2, 0) is 4.74 Å². The highest BCUT2D eigenvalue weighted by atomic mass is 19.1. The third-order valence-electron chi connectivity index (χ3n) is 5.43. The van der Waals surface area contributed by atoms with Crippen molar-refractivity contribution in [3.8, 4) is 0 Å². The zero-order valence-corrected chi connectivity index (χ0v) is 16.5. The van der Waals surface area contributed by atoms with E-state index in [1.165, 1.54) is 12.1 Å². The number of Topliss-reactive ketones (excluding diaryl/α,β-unsaturated/α-hetero) is 1. The number of ketones is 1. The van der Waals surface area contributed by atoms with Gasteiger partial charge in [0.15, 0.2) is 5.78 Å². The number of hydrogen-bond donors (Lipinski definition) is 1. The fourth-order valence-corrected chi connectivity index (χ4v) is 3.73. The van der Waals surface area contributed by atoms with Crippen molar-refractivity contribution in [1.82, 2.24) is 4.90 Å². The molecule has 0 atom stereocenters. The summed E-state index contributed by atoms with van der Waals surface area (Å²) in [6.07, 6.45) is 2.59. The standard InChI is InChI=1S/C23H23FN2O4/c24-19-3-1-16(2-4-19)22(27)17-7-10-26(11-8-17)12-14-30-23(28)25-20-5-6-21-18(15-20)9-13-29-21/h1-6,9,13,15,17H,7-8,10-12,14H2,(H,25,28). The molecule has 1 saturated heterocycles. The van der Waals surface area contributed by atoms with E-state index in [-0.39, 0.29) is 24.1 Å². The minimum atomic E-state index is -0.501. The summed E-state index contributed by atoms with van der Waals surface area (Å²) in [4.78, 5) is 26.7. The molecule has 30 heavy (non-hydrogen) atoms. The Morgan fingerprint density at radius 2 is 1.87 bits per heavy atom. The Balaban J connectivity index is 1.18. The summed E-state index contributed by atoms with van der Waals surface area (Å²) < 4.78 is 23.6. The molecule has 1 aliphatic rings. The van der Waals surface area contributed by atoms with Crippen molar-refractivity contribution in [2.24, 2.45) is 5.92 Å². The second-order valence-corrected chi connectivity index (χ2v) is 7.42. The number of carbonyl (C=O) groups excluding carboxylic acids is 2. The minimum absolute atomic E-state index is 0.0474. The van der Waals surface area contributed by atoms with E-state index in [2.05, 4.69) is 10.2 Å². The van der Waals surface area contributed by atoms with E-state index in [0.29, 0.717) is 17.8 Å². The normalized spacial score (nSPS) is 15.2. The van der Waals surface area contributed by atoms with Crippen LogP contribution in [0.1, 0.15) is 23.2 Å². The third-order valence-corrected chi connectivity index (χ3v) is 5.43. The van der Waals surface area contributed by atoms with Gasteiger partial charge in [-0.2, -0.15) is 0 Å². The Morgan fingerprint density at radius 3 is 2.63 bits per heavy atom. The first-order chi connectivity index (χ1) is 14.6. The summed E-state index contributed by atoms with van der Waals surface area (Å²) in [6, 6.07) is 12.9. The number of furan rings is 1. The molecule has 0 spiro atoms. The molecule has 3 aromatic rings. The van der Waals surface area contributed by atoms with Crippen LogP contribution < -0.4 is 5.32 Å². The zero-order valence-electron chi connectivity index (χ0n) is 16.5. The van der Waals surface area contributed by atoms with Gasteiger partial charge in [0.2, 0.25) is 0 Å². The molecule has 4 rings (SSSR count). The molecule has 1 N–H and O–H groups in total. The van der Waals surface area contributed by atoms with Crippen LogP contribution in [0.3, 0.4) is 0 Å². The van der Waals surface area contributed by atoms with E-state index < -0.39 is 6.09 Å². The van der Waals surface area contributed by atoms with Crippen LogP contribution >= 0.6 is 0 Å². The van der Waals surface area contributed by atoms with Gasteiger partial charge in [0.05, 0.1) is 6.26 Å². The number of fused-ring (bicyclic) bond motifs is 1. The van der Waals surface area contributed by atoms with Gasteiger partial charge in [0.1, 0.15) is 18.0 Å². The van der Waals surface area contributed by atoms with E-state index in [4.69, 9.17) is 9.15 Å².